The number of carbonyl (C=O) groups excluding carboxylic acids is 1. The van der Waals surface area contributed by atoms with Crippen LogP contribution in [-0.4, -0.2) is 57.5 Å². The lowest BCUT2D eigenvalue weighted by Gasteiger charge is -2.24. The number of rotatable bonds is 8. The van der Waals surface area contributed by atoms with Crippen LogP contribution in [0.3, 0.4) is 0 Å². The van der Waals surface area contributed by atoms with Gasteiger partial charge in [0, 0.05) is 32.1 Å². The highest BCUT2D eigenvalue weighted by Gasteiger charge is 2.22. The molecule has 146 valence electrons. The second-order valence-corrected chi connectivity index (χ2v) is 8.32. The molecular formula is C18H29N3O4S. The van der Waals surface area contributed by atoms with Crippen molar-refractivity contribution >= 4 is 15.9 Å². The minimum atomic E-state index is -3.46. The van der Waals surface area contributed by atoms with Gasteiger partial charge in [-0.05, 0) is 24.6 Å². The molecule has 2 rings (SSSR count). The molecule has 1 aliphatic heterocycles. The zero-order chi connectivity index (χ0) is 19.2. The van der Waals surface area contributed by atoms with Gasteiger partial charge in [-0.1, -0.05) is 26.0 Å². The maximum absolute atomic E-state index is 12.5. The summed E-state index contributed by atoms with van der Waals surface area (Å²) in [6.07, 6.45) is 0.360. The highest BCUT2D eigenvalue weighted by molar-refractivity contribution is 7.89. The summed E-state index contributed by atoms with van der Waals surface area (Å²) >= 11 is 0. The Hall–Kier alpha value is -1.48. The predicted molar refractivity (Wildman–Crippen MR) is 100 cm³/mol. The van der Waals surface area contributed by atoms with Crippen LogP contribution < -0.4 is 10.6 Å². The standard InChI is InChI=1S/C18H29N3O4S/c1-4-21(5-2)26(23,24)17-8-6-15(7-9-17)14(3)20-18(22)12-16-13-25-11-10-19-16/h6-9,14,16,19H,4-5,10-13H2,1-3H3,(H,20,22). The zero-order valence-electron chi connectivity index (χ0n) is 15.7. The molecule has 26 heavy (non-hydrogen) atoms. The second-order valence-electron chi connectivity index (χ2n) is 6.38. The van der Waals surface area contributed by atoms with E-state index < -0.39 is 10.0 Å². The monoisotopic (exact) mass is 383 g/mol. The number of hydrogen-bond acceptors (Lipinski definition) is 5. The van der Waals surface area contributed by atoms with Crippen molar-refractivity contribution in [1.82, 2.24) is 14.9 Å². The molecule has 1 heterocycles. The van der Waals surface area contributed by atoms with Gasteiger partial charge >= 0.3 is 0 Å². The van der Waals surface area contributed by atoms with Crippen LogP contribution in [0.5, 0.6) is 0 Å². The molecule has 1 aliphatic rings. The molecule has 2 atom stereocenters. The first-order valence-corrected chi connectivity index (χ1v) is 10.5. The van der Waals surface area contributed by atoms with Crippen LogP contribution >= 0.6 is 0 Å². The molecule has 8 heteroatoms. The summed E-state index contributed by atoms with van der Waals surface area (Å²) < 4.78 is 31.8. The van der Waals surface area contributed by atoms with E-state index in [9.17, 15) is 13.2 Å². The number of sulfonamides is 1. The van der Waals surface area contributed by atoms with Crippen molar-refractivity contribution in [2.24, 2.45) is 0 Å². The van der Waals surface area contributed by atoms with E-state index >= 15 is 0 Å². The summed E-state index contributed by atoms with van der Waals surface area (Å²) in [7, 11) is -3.46. The van der Waals surface area contributed by atoms with E-state index in [1.54, 1.807) is 24.3 Å². The fraction of sp³-hybridized carbons (Fsp3) is 0.611. The number of hydrogen-bond donors (Lipinski definition) is 2. The topological polar surface area (TPSA) is 87.7 Å². The SMILES string of the molecule is CCN(CC)S(=O)(=O)c1ccc(C(C)NC(=O)CC2COCCN2)cc1. The van der Waals surface area contributed by atoms with E-state index in [1.807, 2.05) is 20.8 Å². The van der Waals surface area contributed by atoms with Gasteiger partial charge < -0.3 is 15.4 Å². The van der Waals surface area contributed by atoms with Crippen LogP contribution in [-0.2, 0) is 19.6 Å². The van der Waals surface area contributed by atoms with Gasteiger partial charge in [-0.2, -0.15) is 4.31 Å². The number of benzene rings is 1. The maximum atomic E-state index is 12.5. The lowest BCUT2D eigenvalue weighted by atomic mass is 10.1. The van der Waals surface area contributed by atoms with Gasteiger partial charge in [0.05, 0.1) is 24.2 Å². The lowest BCUT2D eigenvalue weighted by Crippen LogP contribution is -2.44. The maximum Gasteiger partial charge on any atom is 0.243 e. The summed E-state index contributed by atoms with van der Waals surface area (Å²) in [6, 6.07) is 6.55. The number of nitrogens with zero attached hydrogens (tertiary/aromatic N) is 1. The smallest absolute Gasteiger partial charge is 0.243 e. The van der Waals surface area contributed by atoms with Gasteiger partial charge in [0.1, 0.15) is 0 Å². The molecule has 1 amide bonds. The minimum absolute atomic E-state index is 0.0394. The van der Waals surface area contributed by atoms with Gasteiger partial charge in [-0.25, -0.2) is 8.42 Å². The number of ether oxygens (including phenoxy) is 1. The van der Waals surface area contributed by atoms with Crippen LogP contribution in [0, 0.1) is 0 Å². The Morgan fingerprint density at radius 1 is 1.31 bits per heavy atom. The fourth-order valence-electron chi connectivity index (χ4n) is 3.00. The first kappa shape index (κ1) is 20.8. The molecule has 2 unspecified atom stereocenters. The highest BCUT2D eigenvalue weighted by atomic mass is 32.2. The number of amides is 1. The third kappa shape index (κ3) is 5.26. The van der Waals surface area contributed by atoms with Gasteiger partial charge in [0.2, 0.25) is 15.9 Å². The van der Waals surface area contributed by atoms with E-state index in [4.69, 9.17) is 4.74 Å². The van der Waals surface area contributed by atoms with Crippen molar-refractivity contribution in [1.29, 1.82) is 0 Å². The van der Waals surface area contributed by atoms with Crippen molar-refractivity contribution < 1.29 is 17.9 Å². The van der Waals surface area contributed by atoms with Gasteiger partial charge in [0.25, 0.3) is 0 Å². The Labute approximate surface area is 156 Å². The third-order valence-corrected chi connectivity index (χ3v) is 6.60. The summed E-state index contributed by atoms with van der Waals surface area (Å²) in [4.78, 5) is 12.4. The first-order chi connectivity index (χ1) is 12.4. The van der Waals surface area contributed by atoms with Crippen molar-refractivity contribution in [3.63, 3.8) is 0 Å². The van der Waals surface area contributed by atoms with Gasteiger partial charge in [0.15, 0.2) is 0 Å². The van der Waals surface area contributed by atoms with E-state index in [0.717, 1.165) is 12.1 Å². The van der Waals surface area contributed by atoms with E-state index in [-0.39, 0.29) is 22.9 Å². The van der Waals surface area contributed by atoms with Crippen LogP contribution in [0.2, 0.25) is 0 Å². The molecule has 1 saturated heterocycles. The molecule has 0 radical (unpaired) electrons. The van der Waals surface area contributed by atoms with Crippen molar-refractivity contribution in [2.45, 2.75) is 44.2 Å². The molecule has 7 nitrogen and oxygen atoms in total. The Morgan fingerprint density at radius 2 is 1.96 bits per heavy atom. The van der Waals surface area contributed by atoms with E-state index in [1.165, 1.54) is 4.31 Å². The van der Waals surface area contributed by atoms with Crippen LogP contribution in [0.4, 0.5) is 0 Å². The lowest BCUT2D eigenvalue weighted by molar-refractivity contribution is -0.122. The molecule has 0 aromatic heterocycles. The molecule has 2 N–H and O–H groups in total. The van der Waals surface area contributed by atoms with Crippen LogP contribution in [0.15, 0.2) is 29.2 Å². The average Bonchev–Trinajstić information content (AvgIpc) is 2.63. The molecule has 0 spiro atoms. The van der Waals surface area contributed by atoms with Crippen molar-refractivity contribution in [3.8, 4) is 0 Å². The largest absolute Gasteiger partial charge is 0.378 e. The summed E-state index contributed by atoms with van der Waals surface area (Å²) in [5.74, 6) is -0.0552. The Morgan fingerprint density at radius 3 is 2.50 bits per heavy atom. The Kier molecular flexibility index (Phi) is 7.57. The van der Waals surface area contributed by atoms with E-state index in [0.29, 0.717) is 32.7 Å². The number of nitrogens with one attached hydrogen (secondary N) is 2. The Bertz CT molecular complexity index is 681. The quantitative estimate of drug-likeness (QED) is 0.706. The molecule has 0 saturated carbocycles. The Balaban J connectivity index is 1.97. The molecule has 1 aromatic rings. The van der Waals surface area contributed by atoms with Crippen molar-refractivity contribution in [3.05, 3.63) is 29.8 Å². The highest BCUT2D eigenvalue weighted by Crippen LogP contribution is 2.19. The average molecular weight is 384 g/mol. The zero-order valence-corrected chi connectivity index (χ0v) is 16.5. The third-order valence-electron chi connectivity index (χ3n) is 4.53. The van der Waals surface area contributed by atoms with Crippen molar-refractivity contribution in [2.75, 3.05) is 32.8 Å². The van der Waals surface area contributed by atoms with E-state index in [2.05, 4.69) is 10.6 Å². The van der Waals surface area contributed by atoms with Gasteiger partial charge in [-0.15, -0.1) is 0 Å². The fourth-order valence-corrected chi connectivity index (χ4v) is 4.46. The second kappa shape index (κ2) is 9.45. The molecule has 0 aliphatic carbocycles. The summed E-state index contributed by atoms with van der Waals surface area (Å²) in [5.41, 5.74) is 0.865. The van der Waals surface area contributed by atoms with Crippen LogP contribution in [0.25, 0.3) is 0 Å². The normalized spacial score (nSPS) is 19.3. The van der Waals surface area contributed by atoms with Gasteiger partial charge in [-0.3, -0.25) is 4.79 Å². The summed E-state index contributed by atoms with van der Waals surface area (Å²) in [6.45, 7) is 8.37. The molecule has 0 bridgehead atoms. The molecule has 1 aromatic carbocycles. The summed E-state index contributed by atoms with van der Waals surface area (Å²) in [5, 5.41) is 6.20. The number of carbonyl (C=O) groups is 1. The van der Waals surface area contributed by atoms with Crippen LogP contribution in [0.1, 0.15) is 38.8 Å². The minimum Gasteiger partial charge on any atom is -0.378 e. The molecule has 1 fully saturated rings. The number of morpholine rings is 1. The predicted octanol–water partition coefficient (Wildman–Crippen LogP) is 1.27. The molecular weight excluding hydrogens is 354 g/mol. The first-order valence-electron chi connectivity index (χ1n) is 9.09.